The zero-order valence-corrected chi connectivity index (χ0v) is 14.7. The molecule has 0 radical (unpaired) electrons. The van der Waals surface area contributed by atoms with Crippen LogP contribution in [0.15, 0.2) is 21.1 Å². The summed E-state index contributed by atoms with van der Waals surface area (Å²) in [5.74, 6) is 0. The highest BCUT2D eigenvalue weighted by Gasteiger charge is 2.19. The Kier molecular flexibility index (Phi) is 8.24. The molecule has 1 aromatic rings. The maximum Gasteiger partial charge on any atom is 0.290 e. The number of carboxylic acid groups (broad SMARTS) is 1. The van der Waals surface area contributed by atoms with Crippen molar-refractivity contribution in [2.24, 2.45) is 0 Å². The van der Waals surface area contributed by atoms with Crippen LogP contribution in [0.3, 0.4) is 0 Å². The van der Waals surface area contributed by atoms with E-state index in [0.717, 1.165) is 52.4 Å². The highest BCUT2D eigenvalue weighted by atomic mass is 79.9. The van der Waals surface area contributed by atoms with Gasteiger partial charge in [-0.15, -0.1) is 0 Å². The Morgan fingerprint density at radius 3 is 2.43 bits per heavy atom. The van der Waals surface area contributed by atoms with Crippen molar-refractivity contribution in [1.82, 2.24) is 5.32 Å². The SMILES string of the molecule is Nc1c(Br)cc(Br)cc1CNC1CCC(O)CC1.O=CO. The van der Waals surface area contributed by atoms with E-state index in [2.05, 4.69) is 37.2 Å². The molecule has 0 atom stereocenters. The number of nitrogens with two attached hydrogens (primary N) is 1. The zero-order chi connectivity index (χ0) is 15.8. The topological polar surface area (TPSA) is 95.6 Å². The molecule has 0 heterocycles. The first-order chi connectivity index (χ1) is 9.97. The minimum Gasteiger partial charge on any atom is -0.483 e. The summed E-state index contributed by atoms with van der Waals surface area (Å²) in [4.78, 5) is 8.36. The fourth-order valence-electron chi connectivity index (χ4n) is 2.32. The molecule has 1 aliphatic carbocycles. The lowest BCUT2D eigenvalue weighted by Crippen LogP contribution is -2.34. The molecule has 21 heavy (non-hydrogen) atoms. The molecule has 5 nitrogen and oxygen atoms in total. The maximum absolute atomic E-state index is 9.47. The van der Waals surface area contributed by atoms with Crippen molar-refractivity contribution in [3.63, 3.8) is 0 Å². The smallest absolute Gasteiger partial charge is 0.290 e. The number of hydrogen-bond donors (Lipinski definition) is 4. The van der Waals surface area contributed by atoms with Crippen molar-refractivity contribution in [1.29, 1.82) is 0 Å². The number of aliphatic hydroxyl groups excluding tert-OH is 1. The summed E-state index contributed by atoms with van der Waals surface area (Å²) in [6, 6.07) is 4.49. The van der Waals surface area contributed by atoms with Gasteiger partial charge in [0.15, 0.2) is 0 Å². The number of nitrogens with one attached hydrogen (secondary N) is 1. The first-order valence-corrected chi connectivity index (χ1v) is 8.29. The number of benzene rings is 1. The number of aliphatic hydroxyl groups is 1. The molecule has 1 aromatic carbocycles. The largest absolute Gasteiger partial charge is 0.483 e. The van der Waals surface area contributed by atoms with Gasteiger partial charge in [0.2, 0.25) is 0 Å². The van der Waals surface area contributed by atoms with Gasteiger partial charge in [-0.1, -0.05) is 15.9 Å². The molecule has 1 aliphatic rings. The number of anilines is 1. The van der Waals surface area contributed by atoms with Crippen LogP contribution in [0.4, 0.5) is 5.69 Å². The highest BCUT2D eigenvalue weighted by molar-refractivity contribution is 9.11. The molecule has 0 aromatic heterocycles. The number of nitrogen functional groups attached to an aromatic ring is 1. The van der Waals surface area contributed by atoms with Crippen molar-refractivity contribution < 1.29 is 15.0 Å². The van der Waals surface area contributed by atoms with Gasteiger partial charge < -0.3 is 21.3 Å². The Bertz CT molecular complexity index is 464. The Morgan fingerprint density at radius 1 is 1.29 bits per heavy atom. The van der Waals surface area contributed by atoms with E-state index >= 15 is 0 Å². The fourth-order valence-corrected chi connectivity index (χ4v) is 3.63. The lowest BCUT2D eigenvalue weighted by molar-refractivity contribution is -0.122. The Balaban J connectivity index is 0.000000677. The average Bonchev–Trinajstić information content (AvgIpc) is 2.44. The highest BCUT2D eigenvalue weighted by Crippen LogP contribution is 2.28. The maximum atomic E-state index is 9.47. The second-order valence-electron chi connectivity index (χ2n) is 4.95. The average molecular weight is 424 g/mol. The Labute approximate surface area is 141 Å². The molecular formula is C14H20Br2N2O3. The van der Waals surface area contributed by atoms with Gasteiger partial charge in [-0.25, -0.2) is 0 Å². The minimum atomic E-state index is -0.250. The molecule has 0 unspecified atom stereocenters. The van der Waals surface area contributed by atoms with Crippen molar-refractivity contribution in [3.8, 4) is 0 Å². The lowest BCUT2D eigenvalue weighted by Gasteiger charge is -2.26. The number of halogens is 2. The quantitative estimate of drug-likeness (QED) is 0.442. The molecule has 118 valence electrons. The molecule has 2 rings (SSSR count). The van der Waals surface area contributed by atoms with E-state index in [1.54, 1.807) is 0 Å². The molecule has 7 heteroatoms. The molecule has 0 aliphatic heterocycles. The number of rotatable bonds is 3. The lowest BCUT2D eigenvalue weighted by atomic mass is 9.93. The van der Waals surface area contributed by atoms with E-state index in [9.17, 15) is 5.11 Å². The zero-order valence-electron chi connectivity index (χ0n) is 11.6. The summed E-state index contributed by atoms with van der Waals surface area (Å²) >= 11 is 6.93. The van der Waals surface area contributed by atoms with Crippen molar-refractivity contribution in [3.05, 3.63) is 26.6 Å². The molecule has 1 saturated carbocycles. The van der Waals surface area contributed by atoms with Crippen LogP contribution in [0.25, 0.3) is 0 Å². The van der Waals surface area contributed by atoms with Crippen LogP contribution in [-0.2, 0) is 11.3 Å². The molecule has 0 bridgehead atoms. The number of hydrogen-bond acceptors (Lipinski definition) is 4. The first kappa shape index (κ1) is 18.4. The molecule has 0 saturated heterocycles. The van der Waals surface area contributed by atoms with Crippen molar-refractivity contribution >= 4 is 44.0 Å². The summed E-state index contributed by atoms with van der Waals surface area (Å²) in [6.45, 7) is 0.518. The van der Waals surface area contributed by atoms with Crippen LogP contribution in [-0.4, -0.2) is 28.8 Å². The third kappa shape index (κ3) is 6.34. The summed E-state index contributed by atoms with van der Waals surface area (Å²) < 4.78 is 1.95. The van der Waals surface area contributed by atoms with Crippen LogP contribution in [0.5, 0.6) is 0 Å². The minimum absolute atomic E-state index is 0.104. The standard InChI is InChI=1S/C13H18Br2N2O.CH2O2/c14-9-5-8(13(16)12(15)6-9)7-17-10-1-3-11(18)4-2-10;2-1-3/h5-6,10-11,17-18H,1-4,7,16H2;1H,(H,2,3). The van der Waals surface area contributed by atoms with Gasteiger partial charge in [0.1, 0.15) is 0 Å². The van der Waals surface area contributed by atoms with E-state index < -0.39 is 0 Å². The van der Waals surface area contributed by atoms with E-state index in [0.29, 0.717) is 6.04 Å². The van der Waals surface area contributed by atoms with Crippen LogP contribution in [0, 0.1) is 0 Å². The summed E-state index contributed by atoms with van der Waals surface area (Å²) in [5.41, 5.74) is 7.93. The first-order valence-electron chi connectivity index (χ1n) is 6.70. The second-order valence-corrected chi connectivity index (χ2v) is 6.72. The molecule has 0 spiro atoms. The van der Waals surface area contributed by atoms with Gasteiger partial charge in [-0.05, 0) is 59.3 Å². The van der Waals surface area contributed by atoms with E-state index in [1.807, 2.05) is 12.1 Å². The molecule has 0 amide bonds. The molecule has 1 fully saturated rings. The van der Waals surface area contributed by atoms with Crippen molar-refractivity contribution in [2.45, 2.75) is 44.4 Å². The van der Waals surface area contributed by atoms with E-state index in [4.69, 9.17) is 15.6 Å². The van der Waals surface area contributed by atoms with Gasteiger partial charge in [-0.3, -0.25) is 4.79 Å². The van der Waals surface area contributed by atoms with Gasteiger partial charge in [0.05, 0.1) is 11.8 Å². The molecule has 5 N–H and O–H groups in total. The predicted molar refractivity (Wildman–Crippen MR) is 90.0 cm³/mol. The second kappa shape index (κ2) is 9.40. The van der Waals surface area contributed by atoms with Gasteiger partial charge in [0, 0.05) is 21.5 Å². The van der Waals surface area contributed by atoms with Crippen LogP contribution in [0.1, 0.15) is 31.2 Å². The Hall–Kier alpha value is -0.630. The van der Waals surface area contributed by atoms with Crippen LogP contribution in [0.2, 0.25) is 0 Å². The normalized spacial score (nSPS) is 21.3. The summed E-state index contributed by atoms with van der Waals surface area (Å²) in [5, 5.41) is 19.9. The van der Waals surface area contributed by atoms with Crippen LogP contribution >= 0.6 is 31.9 Å². The Morgan fingerprint density at radius 2 is 1.86 bits per heavy atom. The molecular weight excluding hydrogens is 404 g/mol. The van der Waals surface area contributed by atoms with E-state index in [-0.39, 0.29) is 12.6 Å². The fraction of sp³-hybridized carbons (Fsp3) is 0.500. The third-order valence-electron chi connectivity index (χ3n) is 3.46. The summed E-state index contributed by atoms with van der Waals surface area (Å²) in [7, 11) is 0. The third-order valence-corrected chi connectivity index (χ3v) is 4.57. The van der Waals surface area contributed by atoms with Crippen LogP contribution < -0.4 is 11.1 Å². The van der Waals surface area contributed by atoms with Gasteiger partial charge in [-0.2, -0.15) is 0 Å². The van der Waals surface area contributed by atoms with Gasteiger partial charge >= 0.3 is 0 Å². The predicted octanol–water partition coefficient (Wildman–Crippen LogP) is 2.89. The summed E-state index contributed by atoms with van der Waals surface area (Å²) in [6.07, 6.45) is 3.77. The van der Waals surface area contributed by atoms with Crippen molar-refractivity contribution in [2.75, 3.05) is 5.73 Å². The van der Waals surface area contributed by atoms with E-state index in [1.165, 1.54) is 0 Å². The monoisotopic (exact) mass is 422 g/mol. The number of carbonyl (C=O) groups is 1. The van der Waals surface area contributed by atoms with Gasteiger partial charge in [0.25, 0.3) is 6.47 Å².